The quantitative estimate of drug-likeness (QED) is 0.740. The number of hydrogen-bond acceptors (Lipinski definition) is 6. The molecular formula is C17H22N4O3S2. The molecule has 2 aromatic rings. The molecule has 1 aromatic heterocycles. The van der Waals surface area contributed by atoms with Gasteiger partial charge in [0, 0.05) is 19.5 Å². The van der Waals surface area contributed by atoms with Crippen LogP contribution in [0.4, 0.5) is 0 Å². The second kappa shape index (κ2) is 7.79. The summed E-state index contributed by atoms with van der Waals surface area (Å²) in [5, 5.41) is 11.5. The summed E-state index contributed by atoms with van der Waals surface area (Å²) in [4.78, 5) is 12.3. The molecule has 7 nitrogen and oxygen atoms in total. The van der Waals surface area contributed by atoms with Gasteiger partial charge in [-0.05, 0) is 18.9 Å². The number of thioether (sulfide) groups is 1. The lowest BCUT2D eigenvalue weighted by Crippen LogP contribution is -2.40. The van der Waals surface area contributed by atoms with E-state index < -0.39 is 9.84 Å². The third-order valence-electron chi connectivity index (χ3n) is 4.36. The Morgan fingerprint density at radius 2 is 2.08 bits per heavy atom. The van der Waals surface area contributed by atoms with Gasteiger partial charge in [-0.2, -0.15) is 0 Å². The molecular weight excluding hydrogens is 372 g/mol. The summed E-state index contributed by atoms with van der Waals surface area (Å²) in [6.45, 7) is 1.79. The van der Waals surface area contributed by atoms with E-state index in [4.69, 9.17) is 0 Å². The minimum absolute atomic E-state index is 0.0291. The fourth-order valence-corrected chi connectivity index (χ4v) is 5.34. The van der Waals surface area contributed by atoms with E-state index in [9.17, 15) is 13.2 Å². The van der Waals surface area contributed by atoms with E-state index in [1.165, 1.54) is 11.8 Å². The summed E-state index contributed by atoms with van der Waals surface area (Å²) in [6.07, 6.45) is 1.15. The molecule has 0 unspecified atom stereocenters. The zero-order valence-electron chi connectivity index (χ0n) is 14.8. The first-order chi connectivity index (χ1) is 12.3. The zero-order valence-corrected chi connectivity index (χ0v) is 16.4. The highest BCUT2D eigenvalue weighted by molar-refractivity contribution is 8.00. The van der Waals surface area contributed by atoms with E-state index in [2.05, 4.69) is 15.5 Å². The van der Waals surface area contributed by atoms with E-state index in [0.29, 0.717) is 18.0 Å². The Morgan fingerprint density at radius 3 is 2.73 bits per heavy atom. The smallest absolute Gasteiger partial charge is 0.233 e. The van der Waals surface area contributed by atoms with Crippen LogP contribution < -0.4 is 5.32 Å². The molecule has 140 valence electrons. The number of carbonyl (C=O) groups excluding carboxylic acids is 1. The van der Waals surface area contributed by atoms with Gasteiger partial charge >= 0.3 is 0 Å². The van der Waals surface area contributed by atoms with Crippen LogP contribution in [0.15, 0.2) is 35.5 Å². The Kier molecular flexibility index (Phi) is 5.67. The lowest BCUT2D eigenvalue weighted by molar-refractivity contribution is -0.120. The maximum atomic E-state index is 12.3. The topological polar surface area (TPSA) is 93.9 Å². The van der Waals surface area contributed by atoms with Crippen LogP contribution in [0.3, 0.4) is 0 Å². The molecule has 1 aromatic carbocycles. The summed E-state index contributed by atoms with van der Waals surface area (Å²) in [6, 6.07) is 9.72. The maximum absolute atomic E-state index is 12.3. The van der Waals surface area contributed by atoms with Crippen molar-refractivity contribution < 1.29 is 13.2 Å². The molecule has 1 fully saturated rings. The Hall–Kier alpha value is -1.87. The highest BCUT2D eigenvalue weighted by Crippen LogP contribution is 2.23. The van der Waals surface area contributed by atoms with Gasteiger partial charge < -0.3 is 9.88 Å². The molecule has 1 amide bonds. The Labute approximate surface area is 157 Å². The van der Waals surface area contributed by atoms with Crippen molar-refractivity contribution in [3.05, 3.63) is 41.7 Å². The molecule has 1 aliphatic heterocycles. The van der Waals surface area contributed by atoms with Crippen molar-refractivity contribution in [2.45, 2.75) is 36.2 Å². The molecule has 9 heteroatoms. The summed E-state index contributed by atoms with van der Waals surface area (Å²) in [7, 11) is -1.12. The van der Waals surface area contributed by atoms with Crippen LogP contribution in [0.2, 0.25) is 0 Å². The van der Waals surface area contributed by atoms with Crippen molar-refractivity contribution in [3.8, 4) is 0 Å². The molecule has 0 spiro atoms. The fraction of sp³-hybridized carbons (Fsp3) is 0.471. The second-order valence-corrected chi connectivity index (χ2v) is 10.0. The largest absolute Gasteiger partial charge is 0.351 e. The number of benzene rings is 1. The minimum atomic E-state index is -3.01. The number of aromatic nitrogens is 3. The molecule has 2 atom stereocenters. The van der Waals surface area contributed by atoms with E-state index >= 15 is 0 Å². The van der Waals surface area contributed by atoms with Crippen molar-refractivity contribution >= 4 is 27.5 Å². The van der Waals surface area contributed by atoms with Crippen LogP contribution >= 0.6 is 11.8 Å². The van der Waals surface area contributed by atoms with Crippen LogP contribution in [0.1, 0.15) is 24.7 Å². The van der Waals surface area contributed by atoms with Gasteiger partial charge in [-0.3, -0.25) is 4.79 Å². The van der Waals surface area contributed by atoms with E-state index in [-0.39, 0.29) is 28.7 Å². The maximum Gasteiger partial charge on any atom is 0.233 e. The van der Waals surface area contributed by atoms with Crippen molar-refractivity contribution in [3.63, 3.8) is 0 Å². The van der Waals surface area contributed by atoms with Gasteiger partial charge in [0.2, 0.25) is 5.91 Å². The van der Waals surface area contributed by atoms with E-state index in [0.717, 1.165) is 11.4 Å². The molecule has 0 aliphatic carbocycles. The van der Waals surface area contributed by atoms with Crippen LogP contribution in [-0.4, -0.2) is 51.9 Å². The van der Waals surface area contributed by atoms with Gasteiger partial charge in [0.25, 0.3) is 0 Å². The third kappa shape index (κ3) is 4.64. The number of amides is 1. The van der Waals surface area contributed by atoms with Crippen molar-refractivity contribution in [1.29, 1.82) is 0 Å². The highest BCUT2D eigenvalue weighted by Gasteiger charge is 2.30. The van der Waals surface area contributed by atoms with E-state index in [1.54, 1.807) is 6.92 Å². The molecule has 1 N–H and O–H groups in total. The average Bonchev–Trinajstić information content (AvgIpc) is 3.11. The first-order valence-corrected chi connectivity index (χ1v) is 11.1. The number of hydrogen-bond donors (Lipinski definition) is 1. The SMILES string of the molecule is C[C@@H](Sc1nnc(Cc2ccccc2)n1C)C(=O)N[C@H]1CCS(=O)(=O)C1. The number of rotatable bonds is 6. The van der Waals surface area contributed by atoms with E-state index in [1.807, 2.05) is 41.9 Å². The number of sulfone groups is 1. The molecule has 1 saturated heterocycles. The first kappa shape index (κ1) is 18.9. The minimum Gasteiger partial charge on any atom is -0.351 e. The standard InChI is InChI=1S/C17H22N4O3S2/c1-12(16(22)18-14-8-9-26(23,24)11-14)25-17-20-19-15(21(17)2)10-13-6-4-3-5-7-13/h3-7,12,14H,8-11H2,1-2H3,(H,18,22)/t12-,14+/m1/s1. The number of nitrogens with zero attached hydrogens (tertiary/aromatic N) is 3. The van der Waals surface area contributed by atoms with Crippen molar-refractivity contribution in [2.75, 3.05) is 11.5 Å². The van der Waals surface area contributed by atoms with Crippen molar-refractivity contribution in [2.24, 2.45) is 7.05 Å². The lowest BCUT2D eigenvalue weighted by atomic mass is 10.1. The highest BCUT2D eigenvalue weighted by atomic mass is 32.2. The van der Waals surface area contributed by atoms with Gasteiger partial charge in [0.15, 0.2) is 15.0 Å². The summed E-state index contributed by atoms with van der Waals surface area (Å²) in [5.74, 6) is 0.824. The molecule has 0 saturated carbocycles. The Bertz CT molecular complexity index is 881. The third-order valence-corrected chi connectivity index (χ3v) is 7.26. The number of carbonyl (C=O) groups is 1. The monoisotopic (exact) mass is 394 g/mol. The fourth-order valence-electron chi connectivity index (χ4n) is 2.82. The second-order valence-electron chi connectivity index (χ2n) is 6.49. The molecule has 26 heavy (non-hydrogen) atoms. The normalized spacial score (nSPS) is 20.0. The lowest BCUT2D eigenvalue weighted by Gasteiger charge is -2.15. The van der Waals surface area contributed by atoms with Crippen LogP contribution in [-0.2, 0) is 28.1 Å². The molecule has 2 heterocycles. The van der Waals surface area contributed by atoms with Gasteiger partial charge in [0.05, 0.1) is 16.8 Å². The summed E-state index contributed by atoms with van der Waals surface area (Å²) in [5.41, 5.74) is 1.15. The number of nitrogens with one attached hydrogen (secondary N) is 1. The molecule has 0 radical (unpaired) electrons. The summed E-state index contributed by atoms with van der Waals surface area (Å²) < 4.78 is 24.9. The van der Waals surface area contributed by atoms with Gasteiger partial charge in [-0.15, -0.1) is 10.2 Å². The Morgan fingerprint density at radius 1 is 1.35 bits per heavy atom. The van der Waals surface area contributed by atoms with Gasteiger partial charge in [-0.1, -0.05) is 42.1 Å². The van der Waals surface area contributed by atoms with Crippen LogP contribution in [0.5, 0.6) is 0 Å². The van der Waals surface area contributed by atoms with Crippen LogP contribution in [0, 0.1) is 0 Å². The molecule has 1 aliphatic rings. The predicted octanol–water partition coefficient (Wildman–Crippen LogP) is 1.19. The van der Waals surface area contributed by atoms with Gasteiger partial charge in [-0.25, -0.2) is 8.42 Å². The van der Waals surface area contributed by atoms with Gasteiger partial charge in [0.1, 0.15) is 5.82 Å². The van der Waals surface area contributed by atoms with Crippen LogP contribution in [0.25, 0.3) is 0 Å². The van der Waals surface area contributed by atoms with Crippen molar-refractivity contribution in [1.82, 2.24) is 20.1 Å². The Balaban J connectivity index is 1.59. The molecule has 3 rings (SSSR count). The first-order valence-electron chi connectivity index (χ1n) is 8.44. The zero-order chi connectivity index (χ0) is 18.7. The predicted molar refractivity (Wildman–Crippen MR) is 101 cm³/mol. The summed E-state index contributed by atoms with van der Waals surface area (Å²) >= 11 is 1.32. The molecule has 0 bridgehead atoms. The average molecular weight is 395 g/mol.